The monoisotopic (exact) mass is 330 g/mol. The van der Waals surface area contributed by atoms with E-state index in [1.807, 2.05) is 25.1 Å². The second-order valence-electron chi connectivity index (χ2n) is 4.03. The Morgan fingerprint density at radius 2 is 2.21 bits per heavy atom. The third-order valence-electron chi connectivity index (χ3n) is 2.42. The van der Waals surface area contributed by atoms with Crippen molar-refractivity contribution in [2.75, 3.05) is 31.7 Å². The lowest BCUT2D eigenvalue weighted by Gasteiger charge is -2.10. The Bertz CT molecular complexity index is 413. The zero-order chi connectivity index (χ0) is 14.1. The molecule has 0 aliphatic carbocycles. The largest absolute Gasteiger partial charge is 0.394 e. The molecule has 0 radical (unpaired) electrons. The van der Waals surface area contributed by atoms with Crippen molar-refractivity contribution in [1.29, 1.82) is 0 Å². The lowest BCUT2D eigenvalue weighted by Crippen LogP contribution is -2.30. The van der Waals surface area contributed by atoms with Crippen LogP contribution in [0.25, 0.3) is 0 Å². The summed E-state index contributed by atoms with van der Waals surface area (Å²) in [5.41, 5.74) is 1.79. The quantitative estimate of drug-likeness (QED) is 0.672. The maximum atomic E-state index is 11.6. The molecule has 1 rings (SSSR count). The number of nitrogens with one attached hydrogen (secondary N) is 2. The topological polar surface area (TPSA) is 70.6 Å². The average molecular weight is 331 g/mol. The number of aliphatic hydroxyl groups excluding tert-OH is 1. The van der Waals surface area contributed by atoms with Gasteiger partial charge in [0.15, 0.2) is 0 Å². The third-order valence-corrected chi connectivity index (χ3v) is 2.92. The summed E-state index contributed by atoms with van der Waals surface area (Å²) in [7, 11) is 0. The zero-order valence-corrected chi connectivity index (χ0v) is 12.5. The highest BCUT2D eigenvalue weighted by atomic mass is 79.9. The molecule has 0 atom stereocenters. The molecule has 106 valence electrons. The van der Waals surface area contributed by atoms with Crippen LogP contribution in [-0.2, 0) is 4.74 Å². The summed E-state index contributed by atoms with van der Waals surface area (Å²) in [5, 5.41) is 14.0. The number of halogens is 1. The summed E-state index contributed by atoms with van der Waals surface area (Å²) in [4.78, 5) is 11.6. The van der Waals surface area contributed by atoms with Crippen molar-refractivity contribution >= 4 is 27.6 Å². The minimum atomic E-state index is -0.229. The number of hydrogen-bond donors (Lipinski definition) is 3. The van der Waals surface area contributed by atoms with Crippen molar-refractivity contribution in [1.82, 2.24) is 5.32 Å². The Labute approximate surface area is 121 Å². The number of rotatable bonds is 7. The number of aryl methyl sites for hydroxylation is 1. The van der Waals surface area contributed by atoms with Crippen LogP contribution >= 0.6 is 15.9 Å². The molecule has 0 heterocycles. The van der Waals surface area contributed by atoms with Crippen molar-refractivity contribution in [2.24, 2.45) is 0 Å². The van der Waals surface area contributed by atoms with Gasteiger partial charge in [-0.3, -0.25) is 0 Å². The summed E-state index contributed by atoms with van der Waals surface area (Å²) in [6.45, 7) is 3.36. The highest BCUT2D eigenvalue weighted by Gasteiger charge is 2.03. The Hall–Kier alpha value is -1.11. The van der Waals surface area contributed by atoms with Crippen molar-refractivity contribution in [3.05, 3.63) is 28.2 Å². The van der Waals surface area contributed by atoms with Gasteiger partial charge >= 0.3 is 6.03 Å². The zero-order valence-electron chi connectivity index (χ0n) is 10.9. The number of benzene rings is 1. The molecular formula is C13H19BrN2O3. The normalized spacial score (nSPS) is 10.3. The van der Waals surface area contributed by atoms with Crippen LogP contribution in [0.15, 0.2) is 22.7 Å². The number of anilines is 1. The second kappa shape index (κ2) is 8.90. The van der Waals surface area contributed by atoms with Crippen LogP contribution in [-0.4, -0.2) is 37.5 Å². The fraction of sp³-hybridized carbons (Fsp3) is 0.462. The summed E-state index contributed by atoms with van der Waals surface area (Å²) < 4.78 is 6.07. The van der Waals surface area contributed by atoms with E-state index in [0.717, 1.165) is 15.7 Å². The molecule has 5 nitrogen and oxygen atoms in total. The SMILES string of the molecule is Cc1cc(Br)ccc1NC(=O)NCCCOCCO. The van der Waals surface area contributed by atoms with Gasteiger partial charge in [-0.25, -0.2) is 4.79 Å². The predicted molar refractivity (Wildman–Crippen MR) is 78.4 cm³/mol. The Balaban J connectivity index is 2.23. The first-order valence-electron chi connectivity index (χ1n) is 6.13. The Kier molecular flexibility index (Phi) is 7.47. The lowest BCUT2D eigenvalue weighted by molar-refractivity contribution is 0.0910. The van der Waals surface area contributed by atoms with Gasteiger partial charge in [-0.15, -0.1) is 0 Å². The molecule has 0 aliphatic rings. The van der Waals surface area contributed by atoms with Gasteiger partial charge in [-0.1, -0.05) is 15.9 Å². The van der Waals surface area contributed by atoms with Crippen molar-refractivity contribution < 1.29 is 14.6 Å². The summed E-state index contributed by atoms with van der Waals surface area (Å²) >= 11 is 3.37. The van der Waals surface area contributed by atoms with Gasteiger partial charge in [0.25, 0.3) is 0 Å². The van der Waals surface area contributed by atoms with E-state index in [-0.39, 0.29) is 12.6 Å². The molecule has 0 fully saturated rings. The molecule has 0 saturated heterocycles. The number of hydrogen-bond acceptors (Lipinski definition) is 3. The van der Waals surface area contributed by atoms with E-state index in [9.17, 15) is 4.79 Å². The molecule has 3 N–H and O–H groups in total. The predicted octanol–water partition coefficient (Wildman–Crippen LogP) is 2.28. The Morgan fingerprint density at radius 1 is 1.42 bits per heavy atom. The van der Waals surface area contributed by atoms with Gasteiger partial charge in [0.05, 0.1) is 13.2 Å². The van der Waals surface area contributed by atoms with E-state index in [0.29, 0.717) is 26.2 Å². The number of carbonyl (C=O) groups excluding carboxylic acids is 1. The van der Waals surface area contributed by atoms with E-state index in [4.69, 9.17) is 9.84 Å². The molecule has 19 heavy (non-hydrogen) atoms. The smallest absolute Gasteiger partial charge is 0.319 e. The van der Waals surface area contributed by atoms with Crippen LogP contribution in [0, 0.1) is 6.92 Å². The number of amides is 2. The first kappa shape index (κ1) is 15.9. The molecule has 0 saturated carbocycles. The van der Waals surface area contributed by atoms with E-state index in [1.165, 1.54) is 0 Å². The van der Waals surface area contributed by atoms with Gasteiger partial charge in [0.1, 0.15) is 0 Å². The van der Waals surface area contributed by atoms with Gasteiger partial charge in [0, 0.05) is 23.3 Å². The highest BCUT2D eigenvalue weighted by molar-refractivity contribution is 9.10. The fourth-order valence-corrected chi connectivity index (χ4v) is 1.95. The van der Waals surface area contributed by atoms with Gasteiger partial charge in [0.2, 0.25) is 0 Å². The number of urea groups is 1. The molecule has 2 amide bonds. The van der Waals surface area contributed by atoms with Gasteiger partial charge in [-0.05, 0) is 37.1 Å². The molecule has 1 aromatic carbocycles. The Morgan fingerprint density at radius 3 is 2.89 bits per heavy atom. The maximum Gasteiger partial charge on any atom is 0.319 e. The second-order valence-corrected chi connectivity index (χ2v) is 4.95. The van der Waals surface area contributed by atoms with Gasteiger partial charge < -0.3 is 20.5 Å². The molecule has 0 bridgehead atoms. The van der Waals surface area contributed by atoms with Crippen LogP contribution in [0.5, 0.6) is 0 Å². The molecule has 0 spiro atoms. The number of carbonyl (C=O) groups is 1. The standard InChI is InChI=1S/C13H19BrN2O3/c1-10-9-11(14)3-4-12(10)16-13(18)15-5-2-7-19-8-6-17/h3-4,9,17H,2,5-8H2,1H3,(H2,15,16,18). The maximum absolute atomic E-state index is 11.6. The van der Waals surface area contributed by atoms with Crippen LogP contribution in [0.2, 0.25) is 0 Å². The van der Waals surface area contributed by atoms with Crippen molar-refractivity contribution in [3.63, 3.8) is 0 Å². The van der Waals surface area contributed by atoms with E-state index >= 15 is 0 Å². The molecule has 0 aliphatic heterocycles. The van der Waals surface area contributed by atoms with E-state index < -0.39 is 0 Å². The highest BCUT2D eigenvalue weighted by Crippen LogP contribution is 2.19. The third kappa shape index (κ3) is 6.56. The minimum Gasteiger partial charge on any atom is -0.394 e. The van der Waals surface area contributed by atoms with Crippen LogP contribution in [0.3, 0.4) is 0 Å². The first-order chi connectivity index (χ1) is 9.13. The molecular weight excluding hydrogens is 312 g/mol. The fourth-order valence-electron chi connectivity index (χ4n) is 1.48. The van der Waals surface area contributed by atoms with Gasteiger partial charge in [-0.2, -0.15) is 0 Å². The van der Waals surface area contributed by atoms with Crippen LogP contribution in [0.1, 0.15) is 12.0 Å². The van der Waals surface area contributed by atoms with Crippen LogP contribution in [0.4, 0.5) is 10.5 Å². The van der Waals surface area contributed by atoms with Crippen LogP contribution < -0.4 is 10.6 Å². The molecule has 0 unspecified atom stereocenters. The van der Waals surface area contributed by atoms with Crippen molar-refractivity contribution in [3.8, 4) is 0 Å². The van der Waals surface area contributed by atoms with E-state index in [2.05, 4.69) is 26.6 Å². The summed E-state index contributed by atoms with van der Waals surface area (Å²) in [6.07, 6.45) is 0.715. The minimum absolute atomic E-state index is 0.0246. The molecule has 0 aromatic heterocycles. The van der Waals surface area contributed by atoms with E-state index in [1.54, 1.807) is 0 Å². The molecule has 1 aromatic rings. The average Bonchev–Trinajstić information content (AvgIpc) is 2.37. The lowest BCUT2D eigenvalue weighted by atomic mass is 10.2. The van der Waals surface area contributed by atoms with Crippen molar-refractivity contribution in [2.45, 2.75) is 13.3 Å². The summed E-state index contributed by atoms with van der Waals surface area (Å²) in [5.74, 6) is 0. The summed E-state index contributed by atoms with van der Waals surface area (Å²) in [6, 6.07) is 5.44. The first-order valence-corrected chi connectivity index (χ1v) is 6.92. The number of aliphatic hydroxyl groups is 1. The molecule has 6 heteroatoms. The number of ether oxygens (including phenoxy) is 1.